The van der Waals surface area contributed by atoms with Gasteiger partial charge in [-0.1, -0.05) is 35.8 Å². The first-order chi connectivity index (χ1) is 8.91. The average molecular weight is 329 g/mol. The largest absolute Gasteiger partial charge is 0.329 e. The molecule has 1 fully saturated rings. The van der Waals surface area contributed by atoms with Gasteiger partial charge in [0.2, 0.25) is 0 Å². The summed E-state index contributed by atoms with van der Waals surface area (Å²) in [6, 6.07) is 5.50. The molecule has 19 heavy (non-hydrogen) atoms. The Labute approximate surface area is 123 Å². The summed E-state index contributed by atoms with van der Waals surface area (Å²) in [7, 11) is 0. The van der Waals surface area contributed by atoms with Crippen LogP contribution in [0.5, 0.6) is 0 Å². The normalized spacial score (nSPS) is 23.5. The lowest BCUT2D eigenvalue weighted by molar-refractivity contribution is 0.351. The highest BCUT2D eigenvalue weighted by atomic mass is 79.9. The summed E-state index contributed by atoms with van der Waals surface area (Å²) >= 11 is 3.28. The summed E-state index contributed by atoms with van der Waals surface area (Å²) in [5, 5.41) is 3.52. The maximum absolute atomic E-state index is 14.0. The summed E-state index contributed by atoms with van der Waals surface area (Å²) in [5.74, 6) is -0.199. The highest BCUT2D eigenvalue weighted by Crippen LogP contribution is 2.37. The predicted octanol–water partition coefficient (Wildman–Crippen LogP) is 3.76. The van der Waals surface area contributed by atoms with Gasteiger partial charge in [-0.2, -0.15) is 0 Å². The number of nitrogens with one attached hydrogen (secondary N) is 1. The molecule has 2 nitrogen and oxygen atoms in total. The molecule has 0 spiro atoms. The van der Waals surface area contributed by atoms with Gasteiger partial charge in [-0.25, -0.2) is 4.39 Å². The van der Waals surface area contributed by atoms with Crippen LogP contribution in [0.25, 0.3) is 0 Å². The molecule has 0 aliphatic heterocycles. The van der Waals surface area contributed by atoms with E-state index in [0.29, 0.717) is 23.6 Å². The second-order valence-corrected chi connectivity index (χ2v) is 7.14. The van der Waals surface area contributed by atoms with Crippen molar-refractivity contribution in [2.45, 2.75) is 45.2 Å². The van der Waals surface area contributed by atoms with Crippen molar-refractivity contribution in [1.82, 2.24) is 5.32 Å². The Morgan fingerprint density at radius 2 is 2.26 bits per heavy atom. The van der Waals surface area contributed by atoms with E-state index < -0.39 is 0 Å². The molecule has 0 bridgehead atoms. The lowest BCUT2D eigenvalue weighted by Crippen LogP contribution is -2.36. The molecule has 0 radical (unpaired) electrons. The molecular weight excluding hydrogens is 307 g/mol. The lowest BCUT2D eigenvalue weighted by Gasteiger charge is -2.24. The molecule has 1 aromatic rings. The number of hydrogen-bond acceptors (Lipinski definition) is 2. The topological polar surface area (TPSA) is 38.0 Å². The fourth-order valence-corrected chi connectivity index (χ4v) is 3.26. The Hall–Kier alpha value is -0.450. The number of nitrogens with two attached hydrogens (primary N) is 1. The van der Waals surface area contributed by atoms with Crippen LogP contribution in [0.1, 0.15) is 44.7 Å². The third-order valence-corrected chi connectivity index (χ3v) is 4.47. The molecule has 0 saturated heterocycles. The Bertz CT molecular complexity index is 448. The Balaban J connectivity index is 2.08. The van der Waals surface area contributed by atoms with Crippen molar-refractivity contribution >= 4 is 15.9 Å². The third kappa shape index (κ3) is 3.77. The molecule has 0 aromatic heterocycles. The van der Waals surface area contributed by atoms with Gasteiger partial charge in [0.05, 0.1) is 0 Å². The molecular formula is C15H22BrFN2. The van der Waals surface area contributed by atoms with Crippen LogP contribution in [-0.2, 0) is 0 Å². The van der Waals surface area contributed by atoms with Crippen molar-refractivity contribution < 1.29 is 4.39 Å². The van der Waals surface area contributed by atoms with Crippen LogP contribution in [0.2, 0.25) is 0 Å². The molecule has 0 heterocycles. The number of hydrogen-bond donors (Lipinski definition) is 2. The van der Waals surface area contributed by atoms with Gasteiger partial charge in [0.25, 0.3) is 0 Å². The second-order valence-electron chi connectivity index (χ2n) is 6.22. The van der Waals surface area contributed by atoms with Gasteiger partial charge < -0.3 is 11.1 Å². The smallest absolute Gasteiger partial charge is 0.129 e. The molecule has 2 atom stereocenters. The van der Waals surface area contributed by atoms with E-state index in [9.17, 15) is 4.39 Å². The summed E-state index contributed by atoms with van der Waals surface area (Å²) in [4.78, 5) is 0. The fourth-order valence-electron chi connectivity index (χ4n) is 2.93. The summed E-state index contributed by atoms with van der Waals surface area (Å²) < 4.78 is 14.7. The fraction of sp³-hybridized carbons (Fsp3) is 0.600. The highest BCUT2D eigenvalue weighted by Gasteiger charge is 2.32. The standard InChI is InChI=1S/C15H22BrFN2/c1-15(2)6-5-11(8-15)19-14(9-18)12-4-3-10(16)7-13(12)17/h3-4,7,11,14,19H,5-6,8-9,18H2,1-2H3. The van der Waals surface area contributed by atoms with Crippen molar-refractivity contribution in [2.75, 3.05) is 6.54 Å². The quantitative estimate of drug-likeness (QED) is 0.883. The summed E-state index contributed by atoms with van der Waals surface area (Å²) in [6.45, 7) is 4.98. The van der Waals surface area contributed by atoms with E-state index in [-0.39, 0.29) is 11.9 Å². The van der Waals surface area contributed by atoms with E-state index in [4.69, 9.17) is 5.73 Å². The Kier molecular flexibility index (Phi) is 4.64. The van der Waals surface area contributed by atoms with Crippen molar-refractivity contribution in [2.24, 2.45) is 11.1 Å². The van der Waals surface area contributed by atoms with Crippen LogP contribution in [0.15, 0.2) is 22.7 Å². The monoisotopic (exact) mass is 328 g/mol. The maximum atomic E-state index is 14.0. The first-order valence-electron chi connectivity index (χ1n) is 6.82. The molecule has 3 N–H and O–H groups in total. The van der Waals surface area contributed by atoms with Crippen LogP contribution in [0.4, 0.5) is 4.39 Å². The van der Waals surface area contributed by atoms with Crippen molar-refractivity contribution in [3.63, 3.8) is 0 Å². The van der Waals surface area contributed by atoms with Gasteiger partial charge in [-0.15, -0.1) is 0 Å². The highest BCUT2D eigenvalue weighted by molar-refractivity contribution is 9.10. The molecule has 4 heteroatoms. The summed E-state index contributed by atoms with van der Waals surface area (Å²) in [6.07, 6.45) is 3.48. The van der Waals surface area contributed by atoms with Gasteiger partial charge in [0, 0.05) is 28.7 Å². The van der Waals surface area contributed by atoms with Crippen LogP contribution in [0.3, 0.4) is 0 Å². The third-order valence-electron chi connectivity index (χ3n) is 3.98. The SMILES string of the molecule is CC1(C)CCC(NC(CN)c2ccc(Br)cc2F)C1. The Morgan fingerprint density at radius 1 is 1.53 bits per heavy atom. The van der Waals surface area contributed by atoms with Crippen LogP contribution < -0.4 is 11.1 Å². The zero-order chi connectivity index (χ0) is 14.0. The first-order valence-corrected chi connectivity index (χ1v) is 7.62. The first kappa shape index (κ1) is 14.9. The molecule has 0 amide bonds. The maximum Gasteiger partial charge on any atom is 0.129 e. The summed E-state index contributed by atoms with van der Waals surface area (Å²) in [5.41, 5.74) is 6.86. The second kappa shape index (κ2) is 5.90. The molecule has 106 valence electrons. The van der Waals surface area contributed by atoms with E-state index in [0.717, 1.165) is 17.3 Å². The van der Waals surface area contributed by atoms with Gasteiger partial charge in [-0.05, 0) is 36.8 Å². The minimum Gasteiger partial charge on any atom is -0.329 e. The molecule has 2 rings (SSSR count). The molecule has 1 aliphatic carbocycles. The van der Waals surface area contributed by atoms with Crippen LogP contribution >= 0.6 is 15.9 Å². The zero-order valence-corrected chi connectivity index (χ0v) is 13.1. The van der Waals surface area contributed by atoms with Gasteiger partial charge in [-0.3, -0.25) is 0 Å². The molecule has 1 aromatic carbocycles. The molecule has 1 saturated carbocycles. The number of rotatable bonds is 4. The van der Waals surface area contributed by atoms with Crippen LogP contribution in [-0.4, -0.2) is 12.6 Å². The minimum atomic E-state index is -0.199. The average Bonchev–Trinajstić information content (AvgIpc) is 2.66. The van der Waals surface area contributed by atoms with Crippen molar-refractivity contribution in [3.05, 3.63) is 34.1 Å². The van der Waals surface area contributed by atoms with Crippen LogP contribution in [0, 0.1) is 11.2 Å². The van der Waals surface area contributed by atoms with E-state index in [1.165, 1.54) is 12.5 Å². The zero-order valence-electron chi connectivity index (χ0n) is 11.5. The number of benzene rings is 1. The van der Waals surface area contributed by atoms with Crippen molar-refractivity contribution in [3.8, 4) is 0 Å². The van der Waals surface area contributed by atoms with Gasteiger partial charge in [0.15, 0.2) is 0 Å². The van der Waals surface area contributed by atoms with E-state index in [1.807, 2.05) is 12.1 Å². The van der Waals surface area contributed by atoms with Gasteiger partial charge >= 0.3 is 0 Å². The molecule has 1 aliphatic rings. The molecule has 2 unspecified atom stereocenters. The van der Waals surface area contributed by atoms with E-state index >= 15 is 0 Å². The minimum absolute atomic E-state index is 0.105. The number of halogens is 2. The van der Waals surface area contributed by atoms with E-state index in [1.54, 1.807) is 0 Å². The Morgan fingerprint density at radius 3 is 2.79 bits per heavy atom. The predicted molar refractivity (Wildman–Crippen MR) is 80.5 cm³/mol. The van der Waals surface area contributed by atoms with Crippen molar-refractivity contribution in [1.29, 1.82) is 0 Å². The van der Waals surface area contributed by atoms with E-state index in [2.05, 4.69) is 35.1 Å². The lowest BCUT2D eigenvalue weighted by atomic mass is 9.91. The van der Waals surface area contributed by atoms with Gasteiger partial charge in [0.1, 0.15) is 5.82 Å².